The predicted molar refractivity (Wildman–Crippen MR) is 69.7 cm³/mol. The summed E-state index contributed by atoms with van der Waals surface area (Å²) in [7, 11) is 0. The Labute approximate surface area is 113 Å². The maximum absolute atomic E-state index is 12.0. The Morgan fingerprint density at radius 2 is 1.95 bits per heavy atom. The van der Waals surface area contributed by atoms with Crippen LogP contribution in [0.1, 0.15) is 40.5 Å². The summed E-state index contributed by atoms with van der Waals surface area (Å²) in [4.78, 5) is 36.2. The highest BCUT2D eigenvalue weighted by atomic mass is 16.6. The molecule has 0 aliphatic carbocycles. The molecule has 2 amide bonds. The molecule has 0 bridgehead atoms. The lowest BCUT2D eigenvalue weighted by Crippen LogP contribution is -2.48. The number of Topliss-reactive ketones (excluding diaryl/α,β-unsaturated/α-hetero) is 1. The van der Waals surface area contributed by atoms with Gasteiger partial charge < -0.3 is 10.1 Å². The van der Waals surface area contributed by atoms with Gasteiger partial charge in [-0.2, -0.15) is 0 Å². The van der Waals surface area contributed by atoms with Gasteiger partial charge in [-0.15, -0.1) is 0 Å². The van der Waals surface area contributed by atoms with Crippen LogP contribution in [-0.4, -0.2) is 47.4 Å². The minimum absolute atomic E-state index is 0.00249. The van der Waals surface area contributed by atoms with Crippen molar-refractivity contribution in [2.75, 3.05) is 13.1 Å². The zero-order valence-corrected chi connectivity index (χ0v) is 12.0. The van der Waals surface area contributed by atoms with Gasteiger partial charge in [0.2, 0.25) is 5.91 Å². The third kappa shape index (κ3) is 4.89. The molecule has 0 aromatic heterocycles. The van der Waals surface area contributed by atoms with Gasteiger partial charge in [0.1, 0.15) is 17.4 Å². The van der Waals surface area contributed by atoms with Crippen molar-refractivity contribution in [2.24, 2.45) is 0 Å². The summed E-state index contributed by atoms with van der Waals surface area (Å²) in [6.07, 6.45) is 0.883. The van der Waals surface area contributed by atoms with Crippen molar-refractivity contribution >= 4 is 17.8 Å². The van der Waals surface area contributed by atoms with Crippen molar-refractivity contribution in [3.05, 3.63) is 0 Å². The van der Waals surface area contributed by atoms with Gasteiger partial charge in [-0.25, -0.2) is 4.79 Å². The summed E-state index contributed by atoms with van der Waals surface area (Å²) in [5, 5.41) is 2.53. The van der Waals surface area contributed by atoms with Crippen molar-refractivity contribution < 1.29 is 19.1 Å². The van der Waals surface area contributed by atoms with Crippen LogP contribution in [0.3, 0.4) is 0 Å². The lowest BCUT2D eigenvalue weighted by atomic mass is 10.2. The van der Waals surface area contributed by atoms with Gasteiger partial charge in [0.15, 0.2) is 0 Å². The molecule has 1 N–H and O–H groups in total. The number of hydrogen-bond acceptors (Lipinski definition) is 4. The number of carbonyl (C=O) groups excluding carboxylic acids is 3. The molecule has 6 nitrogen and oxygen atoms in total. The molecule has 0 aromatic rings. The number of hydrogen-bond donors (Lipinski definition) is 1. The van der Waals surface area contributed by atoms with E-state index in [-0.39, 0.29) is 18.2 Å². The van der Waals surface area contributed by atoms with Gasteiger partial charge in [0.25, 0.3) is 0 Å². The molecule has 0 unspecified atom stereocenters. The average molecular weight is 270 g/mol. The maximum Gasteiger partial charge on any atom is 0.410 e. The summed E-state index contributed by atoms with van der Waals surface area (Å²) >= 11 is 0. The maximum atomic E-state index is 12.0. The quantitative estimate of drug-likeness (QED) is 0.833. The Morgan fingerprint density at radius 1 is 1.32 bits per heavy atom. The molecular formula is C13H22N2O4. The van der Waals surface area contributed by atoms with Crippen molar-refractivity contribution in [3.8, 4) is 0 Å². The van der Waals surface area contributed by atoms with Crippen molar-refractivity contribution in [3.63, 3.8) is 0 Å². The molecule has 1 rings (SSSR count). The number of ketones is 1. The van der Waals surface area contributed by atoms with Crippen LogP contribution in [0.5, 0.6) is 0 Å². The van der Waals surface area contributed by atoms with E-state index in [0.717, 1.165) is 6.42 Å². The summed E-state index contributed by atoms with van der Waals surface area (Å²) in [6.45, 7) is 7.26. The van der Waals surface area contributed by atoms with Gasteiger partial charge in [0.05, 0.1) is 6.54 Å². The molecule has 0 aromatic carbocycles. The van der Waals surface area contributed by atoms with Crippen molar-refractivity contribution in [1.29, 1.82) is 0 Å². The summed E-state index contributed by atoms with van der Waals surface area (Å²) < 4.78 is 5.27. The standard InChI is InChI=1S/C13H22N2O4/c1-9(16)8-14-11(17)10-6-5-7-15(10)12(18)19-13(2,3)4/h10H,5-8H2,1-4H3,(H,14,17)/t10-/m0/s1. The molecule has 0 spiro atoms. The van der Waals surface area contributed by atoms with E-state index in [9.17, 15) is 14.4 Å². The highest BCUT2D eigenvalue weighted by molar-refractivity contribution is 5.89. The van der Waals surface area contributed by atoms with Crippen molar-refractivity contribution in [2.45, 2.75) is 52.2 Å². The zero-order valence-electron chi connectivity index (χ0n) is 12.0. The monoisotopic (exact) mass is 270 g/mol. The second-order valence-corrected chi connectivity index (χ2v) is 5.75. The molecule has 1 aliphatic heterocycles. The van der Waals surface area contributed by atoms with E-state index in [1.165, 1.54) is 11.8 Å². The number of nitrogens with one attached hydrogen (secondary N) is 1. The Balaban J connectivity index is 2.60. The molecule has 1 aliphatic rings. The fraction of sp³-hybridized carbons (Fsp3) is 0.769. The van der Waals surface area contributed by atoms with E-state index >= 15 is 0 Å². The smallest absolute Gasteiger partial charge is 0.410 e. The van der Waals surface area contributed by atoms with Crippen LogP contribution in [0.4, 0.5) is 4.79 Å². The van der Waals surface area contributed by atoms with E-state index in [1.807, 2.05) is 0 Å². The van der Waals surface area contributed by atoms with Crippen LogP contribution in [0.15, 0.2) is 0 Å². The van der Waals surface area contributed by atoms with Crippen LogP contribution in [0.25, 0.3) is 0 Å². The highest BCUT2D eigenvalue weighted by Crippen LogP contribution is 2.20. The number of likely N-dealkylation sites (tertiary alicyclic amines) is 1. The van der Waals surface area contributed by atoms with Gasteiger partial charge in [-0.1, -0.05) is 0 Å². The largest absolute Gasteiger partial charge is 0.444 e. The number of carbonyl (C=O) groups is 3. The molecule has 0 saturated carbocycles. The second kappa shape index (κ2) is 6.04. The first kappa shape index (κ1) is 15.5. The minimum atomic E-state index is -0.583. The number of ether oxygens (including phenoxy) is 1. The molecule has 1 heterocycles. The second-order valence-electron chi connectivity index (χ2n) is 5.75. The summed E-state index contributed by atoms with van der Waals surface area (Å²) in [5.74, 6) is -0.409. The lowest BCUT2D eigenvalue weighted by molar-refractivity contribution is -0.127. The first-order valence-corrected chi connectivity index (χ1v) is 6.47. The van der Waals surface area contributed by atoms with E-state index in [0.29, 0.717) is 13.0 Å². The van der Waals surface area contributed by atoms with Crippen LogP contribution in [0.2, 0.25) is 0 Å². The Kier molecular flexibility index (Phi) is 4.91. The van der Waals surface area contributed by atoms with E-state index in [2.05, 4.69) is 5.32 Å². The Bertz CT molecular complexity index is 373. The van der Waals surface area contributed by atoms with E-state index in [4.69, 9.17) is 4.74 Å². The number of rotatable bonds is 3. The molecule has 1 fully saturated rings. The topological polar surface area (TPSA) is 75.7 Å². The SMILES string of the molecule is CC(=O)CNC(=O)[C@@H]1CCCN1C(=O)OC(C)(C)C. The molecule has 0 radical (unpaired) electrons. The fourth-order valence-electron chi connectivity index (χ4n) is 1.91. The molecular weight excluding hydrogens is 248 g/mol. The van der Waals surface area contributed by atoms with Crippen LogP contribution in [-0.2, 0) is 14.3 Å². The molecule has 108 valence electrons. The predicted octanol–water partition coefficient (Wildman–Crippen LogP) is 1.09. The Hall–Kier alpha value is -1.59. The van der Waals surface area contributed by atoms with E-state index in [1.54, 1.807) is 20.8 Å². The van der Waals surface area contributed by atoms with Crippen molar-refractivity contribution in [1.82, 2.24) is 10.2 Å². The average Bonchev–Trinajstić information content (AvgIpc) is 2.72. The lowest BCUT2D eigenvalue weighted by Gasteiger charge is -2.27. The fourth-order valence-corrected chi connectivity index (χ4v) is 1.91. The normalized spacial score (nSPS) is 19.2. The van der Waals surface area contributed by atoms with Gasteiger partial charge in [-0.05, 0) is 40.5 Å². The van der Waals surface area contributed by atoms with Crippen LogP contribution < -0.4 is 5.32 Å². The molecule has 1 atom stereocenters. The number of amides is 2. The van der Waals surface area contributed by atoms with Gasteiger partial charge in [0, 0.05) is 6.54 Å². The highest BCUT2D eigenvalue weighted by Gasteiger charge is 2.36. The van der Waals surface area contributed by atoms with Gasteiger partial charge in [-0.3, -0.25) is 14.5 Å². The van der Waals surface area contributed by atoms with Gasteiger partial charge >= 0.3 is 6.09 Å². The molecule has 19 heavy (non-hydrogen) atoms. The Morgan fingerprint density at radius 3 is 2.47 bits per heavy atom. The summed E-state index contributed by atoms with van der Waals surface area (Å²) in [5.41, 5.74) is -0.583. The third-order valence-electron chi connectivity index (χ3n) is 2.70. The number of nitrogens with zero attached hydrogens (tertiary/aromatic N) is 1. The minimum Gasteiger partial charge on any atom is -0.444 e. The van der Waals surface area contributed by atoms with E-state index < -0.39 is 17.7 Å². The zero-order chi connectivity index (χ0) is 14.6. The van der Waals surface area contributed by atoms with Crippen LogP contribution >= 0.6 is 0 Å². The molecule has 1 saturated heterocycles. The third-order valence-corrected chi connectivity index (χ3v) is 2.70. The molecule has 6 heteroatoms. The first-order valence-electron chi connectivity index (χ1n) is 6.47. The first-order chi connectivity index (χ1) is 8.70. The summed E-state index contributed by atoms with van der Waals surface area (Å²) in [6, 6.07) is -0.533. The van der Waals surface area contributed by atoms with Crippen LogP contribution in [0, 0.1) is 0 Å².